The van der Waals surface area contributed by atoms with Crippen molar-refractivity contribution in [1.82, 2.24) is 9.97 Å². The minimum absolute atomic E-state index is 0.0687. The van der Waals surface area contributed by atoms with E-state index in [2.05, 4.69) is 19.4 Å². The van der Waals surface area contributed by atoms with Gasteiger partial charge in [-0.05, 0) is 35.7 Å². The van der Waals surface area contributed by atoms with E-state index in [1.807, 2.05) is 6.92 Å². The molecule has 4 nitrogen and oxygen atoms in total. The van der Waals surface area contributed by atoms with Gasteiger partial charge in [-0.25, -0.2) is 36.3 Å². The van der Waals surface area contributed by atoms with Crippen LogP contribution in [0.4, 0.5) is 35.1 Å². The Morgan fingerprint density at radius 1 is 0.829 bits per heavy atom. The maximum Gasteiger partial charge on any atom is 0.429 e. The van der Waals surface area contributed by atoms with Gasteiger partial charge in [0.25, 0.3) is 6.43 Å². The molecule has 0 aliphatic heterocycles. The molecule has 0 aliphatic rings. The summed E-state index contributed by atoms with van der Waals surface area (Å²) in [4.78, 5) is 8.43. The summed E-state index contributed by atoms with van der Waals surface area (Å²) >= 11 is 0. The lowest BCUT2D eigenvalue weighted by molar-refractivity contribution is -0.187. The number of ether oxygens (including phenoxy) is 2. The summed E-state index contributed by atoms with van der Waals surface area (Å²) in [6.45, 7) is 2.01. The van der Waals surface area contributed by atoms with Gasteiger partial charge < -0.3 is 9.47 Å². The Kier molecular flexibility index (Phi) is 8.89. The highest BCUT2D eigenvalue weighted by Gasteiger charge is 2.38. The largest absolute Gasteiger partial charge is 0.459 e. The number of allylic oxidation sites excluding steroid dienone is 1. The minimum atomic E-state index is -4.41. The fourth-order valence-corrected chi connectivity index (χ4v) is 3.81. The normalized spacial score (nSPS) is 11.9. The van der Waals surface area contributed by atoms with Crippen molar-refractivity contribution in [3.8, 4) is 34.0 Å². The van der Waals surface area contributed by atoms with Crippen LogP contribution in [0.5, 0.6) is 11.5 Å². The van der Waals surface area contributed by atoms with Crippen LogP contribution in [0.3, 0.4) is 0 Å². The Bertz CT molecular complexity index is 1540. The first kappa shape index (κ1) is 29.5. The Morgan fingerprint density at radius 3 is 2.05 bits per heavy atom. The van der Waals surface area contributed by atoms with Crippen LogP contribution in [-0.2, 0) is 12.5 Å². The summed E-state index contributed by atoms with van der Waals surface area (Å²) in [7, 11) is 0. The van der Waals surface area contributed by atoms with Crippen molar-refractivity contribution in [2.75, 3.05) is 0 Å². The van der Waals surface area contributed by atoms with Gasteiger partial charge in [-0.15, -0.1) is 0 Å². The van der Waals surface area contributed by atoms with Gasteiger partial charge in [0.1, 0.15) is 17.4 Å². The highest BCUT2D eigenvalue weighted by Crippen LogP contribution is 2.37. The van der Waals surface area contributed by atoms with Crippen LogP contribution in [0, 0.1) is 23.3 Å². The van der Waals surface area contributed by atoms with Crippen LogP contribution >= 0.6 is 0 Å². The van der Waals surface area contributed by atoms with Gasteiger partial charge in [0.05, 0.1) is 11.8 Å². The van der Waals surface area contributed by atoms with E-state index >= 15 is 0 Å². The molecule has 4 rings (SSSR count). The lowest BCUT2D eigenvalue weighted by Gasteiger charge is -2.20. The zero-order valence-corrected chi connectivity index (χ0v) is 21.2. The molecule has 0 radical (unpaired) electrons. The Labute approximate surface area is 228 Å². The molecule has 41 heavy (non-hydrogen) atoms. The first-order valence-electron chi connectivity index (χ1n) is 12.1. The van der Waals surface area contributed by atoms with E-state index in [0.717, 1.165) is 30.5 Å². The average Bonchev–Trinajstić information content (AvgIpc) is 2.90. The van der Waals surface area contributed by atoms with Crippen molar-refractivity contribution in [1.29, 1.82) is 0 Å². The van der Waals surface area contributed by atoms with Crippen molar-refractivity contribution < 1.29 is 44.6 Å². The van der Waals surface area contributed by atoms with Gasteiger partial charge in [0.2, 0.25) is 0 Å². The maximum atomic E-state index is 14.9. The zero-order chi connectivity index (χ0) is 29.7. The third-order valence-corrected chi connectivity index (χ3v) is 5.69. The minimum Gasteiger partial charge on any atom is -0.459 e. The van der Waals surface area contributed by atoms with E-state index in [1.165, 1.54) is 12.1 Å². The predicted octanol–water partition coefficient (Wildman–Crippen LogP) is 8.61. The van der Waals surface area contributed by atoms with Gasteiger partial charge in [-0.1, -0.05) is 31.5 Å². The van der Waals surface area contributed by atoms with E-state index in [9.17, 15) is 35.1 Å². The number of benzene rings is 3. The van der Waals surface area contributed by atoms with Gasteiger partial charge in [0, 0.05) is 41.7 Å². The number of alkyl halides is 4. The second-order valence-electron chi connectivity index (χ2n) is 8.67. The zero-order valence-electron chi connectivity index (χ0n) is 21.2. The van der Waals surface area contributed by atoms with Crippen molar-refractivity contribution >= 4 is 0 Å². The van der Waals surface area contributed by atoms with E-state index in [4.69, 9.17) is 0 Å². The Hall–Kier alpha value is -4.48. The van der Waals surface area contributed by atoms with Gasteiger partial charge >= 0.3 is 6.11 Å². The second-order valence-corrected chi connectivity index (χ2v) is 8.67. The van der Waals surface area contributed by atoms with Gasteiger partial charge in [-0.3, -0.25) is 0 Å². The molecular formula is C29H20F8N2O2. The van der Waals surface area contributed by atoms with Crippen LogP contribution in [0.2, 0.25) is 0 Å². The molecule has 0 atom stereocenters. The predicted molar refractivity (Wildman–Crippen MR) is 133 cm³/mol. The number of hydrogen-bond acceptors (Lipinski definition) is 4. The van der Waals surface area contributed by atoms with Crippen molar-refractivity contribution in [2.45, 2.75) is 32.3 Å². The molecule has 0 spiro atoms. The molecule has 4 aromatic rings. The molecule has 1 aromatic heterocycles. The number of halogens is 8. The molecule has 0 amide bonds. The number of aryl methyl sites for hydroxylation is 1. The topological polar surface area (TPSA) is 44.2 Å². The fraction of sp³-hybridized carbons (Fsp3) is 0.172. The molecule has 0 saturated heterocycles. The van der Waals surface area contributed by atoms with E-state index in [0.29, 0.717) is 36.1 Å². The smallest absolute Gasteiger partial charge is 0.429 e. The molecule has 0 saturated carbocycles. The molecule has 0 N–H and O–H groups in total. The standard InChI is InChI=1S/C29H20F8N2O2/c1-2-3-16-14-38-28(39-15-16)18-4-6-20(22(30)11-18)17-5-7-21(23(31)10-17)29(36,37)41-19-12-24(32)27(25(33)13-19)40-9-8-26(34)35/h4-15,26H,2-3H2,1H3/b9-8+. The lowest BCUT2D eigenvalue weighted by atomic mass is 10.0. The molecule has 0 bridgehead atoms. The highest BCUT2D eigenvalue weighted by atomic mass is 19.3. The summed E-state index contributed by atoms with van der Waals surface area (Å²) in [5.41, 5.74) is -0.175. The SMILES string of the molecule is CCCc1cnc(-c2ccc(-c3ccc(C(F)(F)Oc4cc(F)c(O/C=C/C(F)F)c(F)c4)c(F)c3)c(F)c2)nc1. The molecule has 0 unspecified atom stereocenters. The molecule has 1 heterocycles. The number of aromatic nitrogens is 2. The van der Waals surface area contributed by atoms with Crippen LogP contribution < -0.4 is 9.47 Å². The summed E-state index contributed by atoms with van der Waals surface area (Å²) in [5.74, 6) is -7.24. The number of rotatable bonds is 10. The quantitative estimate of drug-likeness (QED) is 0.139. The van der Waals surface area contributed by atoms with Gasteiger partial charge in [0.15, 0.2) is 23.2 Å². The summed E-state index contributed by atoms with van der Waals surface area (Å²) in [6, 6.07) is 6.91. The molecular weight excluding hydrogens is 560 g/mol. The molecule has 0 fully saturated rings. The monoisotopic (exact) mass is 580 g/mol. The van der Waals surface area contributed by atoms with Crippen LogP contribution in [-0.4, -0.2) is 16.4 Å². The Balaban J connectivity index is 1.54. The van der Waals surface area contributed by atoms with Crippen molar-refractivity contribution in [3.05, 3.63) is 108 Å². The van der Waals surface area contributed by atoms with Crippen LogP contribution in [0.15, 0.2) is 73.3 Å². The van der Waals surface area contributed by atoms with Crippen LogP contribution in [0.1, 0.15) is 24.5 Å². The highest BCUT2D eigenvalue weighted by molar-refractivity contribution is 5.69. The first-order chi connectivity index (χ1) is 19.5. The molecule has 0 aliphatic carbocycles. The maximum absolute atomic E-state index is 14.9. The average molecular weight is 580 g/mol. The van der Waals surface area contributed by atoms with E-state index < -0.39 is 52.9 Å². The Morgan fingerprint density at radius 2 is 1.46 bits per heavy atom. The van der Waals surface area contributed by atoms with Crippen molar-refractivity contribution in [3.63, 3.8) is 0 Å². The first-order valence-corrected chi connectivity index (χ1v) is 12.1. The molecule has 214 valence electrons. The van der Waals surface area contributed by atoms with E-state index in [-0.39, 0.29) is 23.0 Å². The second kappa shape index (κ2) is 12.4. The van der Waals surface area contributed by atoms with Gasteiger partial charge in [-0.2, -0.15) is 8.78 Å². The summed E-state index contributed by atoms with van der Waals surface area (Å²) < 4.78 is 121. The third kappa shape index (κ3) is 7.00. The lowest BCUT2D eigenvalue weighted by Crippen LogP contribution is -2.23. The molecule has 3 aromatic carbocycles. The summed E-state index contributed by atoms with van der Waals surface area (Å²) in [5, 5.41) is 0. The molecule has 12 heteroatoms. The number of hydrogen-bond donors (Lipinski definition) is 0. The number of nitrogens with zero attached hydrogens (tertiary/aromatic N) is 2. The summed E-state index contributed by atoms with van der Waals surface area (Å²) in [6.07, 6.45) is -1.88. The van der Waals surface area contributed by atoms with Crippen LogP contribution in [0.25, 0.3) is 22.5 Å². The van der Waals surface area contributed by atoms with E-state index in [1.54, 1.807) is 12.4 Å². The fourth-order valence-electron chi connectivity index (χ4n) is 3.81. The van der Waals surface area contributed by atoms with Crippen molar-refractivity contribution in [2.24, 2.45) is 0 Å². The third-order valence-electron chi connectivity index (χ3n) is 5.69.